The highest BCUT2D eigenvalue weighted by Gasteiger charge is 2.24. The first-order valence-corrected chi connectivity index (χ1v) is 10.7. The van der Waals surface area contributed by atoms with Crippen LogP contribution in [-0.4, -0.2) is 51.7 Å². The van der Waals surface area contributed by atoms with E-state index < -0.39 is 0 Å². The molecule has 2 aromatic carbocycles. The molecule has 1 aliphatic heterocycles. The summed E-state index contributed by atoms with van der Waals surface area (Å²) in [5.41, 5.74) is 2.88. The molecule has 1 fully saturated rings. The van der Waals surface area contributed by atoms with Crippen molar-refractivity contribution < 1.29 is 4.79 Å². The van der Waals surface area contributed by atoms with Crippen molar-refractivity contribution in [3.63, 3.8) is 0 Å². The third-order valence-corrected chi connectivity index (χ3v) is 5.68. The maximum atomic E-state index is 13.2. The summed E-state index contributed by atoms with van der Waals surface area (Å²) in [5.74, 6) is -0.320. The third kappa shape index (κ3) is 4.76. The summed E-state index contributed by atoms with van der Waals surface area (Å²) in [6.45, 7) is 5.27. The number of benzene rings is 2. The van der Waals surface area contributed by atoms with Gasteiger partial charge in [-0.25, -0.2) is 4.68 Å². The Morgan fingerprint density at radius 1 is 1.03 bits per heavy atom. The molecule has 162 valence electrons. The summed E-state index contributed by atoms with van der Waals surface area (Å²) in [4.78, 5) is 29.8. The lowest BCUT2D eigenvalue weighted by Gasteiger charge is -2.22. The lowest BCUT2D eigenvalue weighted by molar-refractivity contribution is 0.0751. The second-order valence-corrected chi connectivity index (χ2v) is 7.98. The van der Waals surface area contributed by atoms with Crippen molar-refractivity contribution in [1.29, 1.82) is 5.26 Å². The Bertz CT molecular complexity index is 1200. The second kappa shape index (κ2) is 9.58. The average molecular weight is 428 g/mol. The van der Waals surface area contributed by atoms with Crippen LogP contribution in [-0.2, 0) is 6.54 Å². The van der Waals surface area contributed by atoms with Crippen LogP contribution >= 0.6 is 0 Å². The van der Waals surface area contributed by atoms with Gasteiger partial charge in [0.15, 0.2) is 5.69 Å². The minimum Gasteiger partial charge on any atom is -0.336 e. The highest BCUT2D eigenvalue weighted by Crippen LogP contribution is 2.13. The number of aromatic nitrogens is 2. The summed E-state index contributed by atoms with van der Waals surface area (Å²) in [7, 11) is 0. The number of hydrogen-bond acceptors (Lipinski definition) is 5. The van der Waals surface area contributed by atoms with E-state index in [0.717, 1.165) is 30.8 Å². The third-order valence-electron chi connectivity index (χ3n) is 5.68. The van der Waals surface area contributed by atoms with Crippen molar-refractivity contribution in [3.8, 4) is 11.8 Å². The van der Waals surface area contributed by atoms with Crippen LogP contribution in [0.3, 0.4) is 0 Å². The molecule has 32 heavy (non-hydrogen) atoms. The number of nitriles is 1. The van der Waals surface area contributed by atoms with Crippen LogP contribution in [0.15, 0.2) is 65.5 Å². The van der Waals surface area contributed by atoms with Crippen LogP contribution in [0.4, 0.5) is 0 Å². The molecule has 1 aliphatic rings. The fourth-order valence-electron chi connectivity index (χ4n) is 3.95. The molecule has 4 rings (SSSR count). The van der Waals surface area contributed by atoms with Gasteiger partial charge in [0.2, 0.25) is 5.43 Å². The van der Waals surface area contributed by atoms with E-state index >= 15 is 0 Å². The van der Waals surface area contributed by atoms with E-state index in [1.54, 1.807) is 9.58 Å². The highest BCUT2D eigenvalue weighted by molar-refractivity contribution is 5.92. The summed E-state index contributed by atoms with van der Waals surface area (Å²) >= 11 is 0. The van der Waals surface area contributed by atoms with E-state index in [0.29, 0.717) is 30.9 Å². The van der Waals surface area contributed by atoms with E-state index in [1.165, 1.54) is 6.07 Å². The van der Waals surface area contributed by atoms with Crippen LogP contribution in [0, 0.1) is 18.3 Å². The zero-order chi connectivity index (χ0) is 22.5. The zero-order valence-electron chi connectivity index (χ0n) is 18.1. The number of para-hydroxylation sites is 1. The molecule has 0 spiro atoms. The largest absolute Gasteiger partial charge is 0.336 e. The second-order valence-electron chi connectivity index (χ2n) is 7.98. The highest BCUT2D eigenvalue weighted by atomic mass is 16.2. The molecule has 1 aromatic heterocycles. The lowest BCUT2D eigenvalue weighted by atomic mass is 10.1. The Morgan fingerprint density at radius 2 is 1.78 bits per heavy atom. The van der Waals surface area contributed by atoms with Crippen LogP contribution in [0.2, 0.25) is 0 Å². The Morgan fingerprint density at radius 3 is 2.50 bits per heavy atom. The topological polar surface area (TPSA) is 82.2 Å². The van der Waals surface area contributed by atoms with E-state index in [9.17, 15) is 9.59 Å². The summed E-state index contributed by atoms with van der Waals surface area (Å²) in [6, 6.07) is 20.7. The van der Waals surface area contributed by atoms with Gasteiger partial charge in [0, 0.05) is 44.5 Å². The summed E-state index contributed by atoms with van der Waals surface area (Å²) in [6.07, 6.45) is 0.820. The first-order chi connectivity index (χ1) is 15.5. The van der Waals surface area contributed by atoms with Crippen molar-refractivity contribution in [2.45, 2.75) is 19.9 Å². The zero-order valence-corrected chi connectivity index (χ0v) is 18.1. The number of nitrogens with zero attached hydrogens (tertiary/aromatic N) is 5. The van der Waals surface area contributed by atoms with Crippen molar-refractivity contribution in [2.75, 3.05) is 26.2 Å². The number of carbonyl (C=O) groups is 1. The summed E-state index contributed by atoms with van der Waals surface area (Å²) < 4.78 is 1.64. The molecule has 1 saturated heterocycles. The molecule has 0 aliphatic carbocycles. The lowest BCUT2D eigenvalue weighted by Crippen LogP contribution is -2.38. The number of hydrogen-bond donors (Lipinski definition) is 0. The number of amides is 1. The Hall–Kier alpha value is -3.76. The van der Waals surface area contributed by atoms with Gasteiger partial charge in [-0.05, 0) is 43.2 Å². The Balaban J connectivity index is 1.48. The molecule has 7 heteroatoms. The normalized spacial score (nSPS) is 14.6. The molecule has 0 saturated carbocycles. The van der Waals surface area contributed by atoms with Gasteiger partial charge in [0.05, 0.1) is 17.3 Å². The molecule has 0 radical (unpaired) electrons. The summed E-state index contributed by atoms with van der Waals surface area (Å²) in [5, 5.41) is 13.4. The van der Waals surface area contributed by atoms with Gasteiger partial charge in [0.1, 0.15) is 0 Å². The Labute approximate surface area is 187 Å². The first kappa shape index (κ1) is 21.5. The monoisotopic (exact) mass is 427 g/mol. The predicted octanol–water partition coefficient (Wildman–Crippen LogP) is 2.76. The van der Waals surface area contributed by atoms with Crippen molar-refractivity contribution in [3.05, 3.63) is 93.4 Å². The van der Waals surface area contributed by atoms with Gasteiger partial charge < -0.3 is 4.90 Å². The smallest absolute Gasteiger partial charge is 0.278 e. The van der Waals surface area contributed by atoms with E-state index in [4.69, 9.17) is 5.26 Å². The van der Waals surface area contributed by atoms with Gasteiger partial charge in [-0.15, -0.1) is 0 Å². The van der Waals surface area contributed by atoms with Crippen molar-refractivity contribution in [1.82, 2.24) is 19.6 Å². The molecule has 0 N–H and O–H groups in total. The number of carbonyl (C=O) groups excluding carboxylic acids is 1. The molecule has 7 nitrogen and oxygen atoms in total. The van der Waals surface area contributed by atoms with E-state index in [2.05, 4.69) is 16.1 Å². The van der Waals surface area contributed by atoms with Gasteiger partial charge in [-0.2, -0.15) is 10.4 Å². The van der Waals surface area contributed by atoms with Crippen LogP contribution < -0.4 is 5.43 Å². The van der Waals surface area contributed by atoms with Crippen molar-refractivity contribution >= 4 is 5.91 Å². The molecule has 3 aromatic rings. The minimum absolute atomic E-state index is 0.0417. The fraction of sp³-hybridized carbons (Fsp3) is 0.280. The predicted molar refractivity (Wildman–Crippen MR) is 122 cm³/mol. The molecule has 2 heterocycles. The van der Waals surface area contributed by atoms with Gasteiger partial charge in [0.25, 0.3) is 5.91 Å². The molecule has 0 bridgehead atoms. The first-order valence-electron chi connectivity index (χ1n) is 10.7. The molecule has 0 atom stereocenters. The minimum atomic E-state index is -0.349. The quantitative estimate of drug-likeness (QED) is 0.639. The van der Waals surface area contributed by atoms with Gasteiger partial charge in [-0.1, -0.05) is 30.3 Å². The fourth-order valence-corrected chi connectivity index (χ4v) is 3.95. The van der Waals surface area contributed by atoms with Gasteiger partial charge >= 0.3 is 0 Å². The SMILES string of the molecule is Cc1cc(=O)c(C(=O)N2CCCN(Cc3ccc(C#N)cc3)CC2)nn1-c1ccccc1. The van der Waals surface area contributed by atoms with E-state index in [-0.39, 0.29) is 17.0 Å². The van der Waals surface area contributed by atoms with Crippen LogP contribution in [0.1, 0.15) is 33.7 Å². The maximum absolute atomic E-state index is 13.2. The maximum Gasteiger partial charge on any atom is 0.278 e. The van der Waals surface area contributed by atoms with Crippen molar-refractivity contribution in [2.24, 2.45) is 0 Å². The molecular weight excluding hydrogens is 402 g/mol. The van der Waals surface area contributed by atoms with Crippen LogP contribution in [0.5, 0.6) is 0 Å². The van der Waals surface area contributed by atoms with E-state index in [1.807, 2.05) is 61.5 Å². The molecular formula is C25H25N5O2. The Kier molecular flexibility index (Phi) is 6.43. The van der Waals surface area contributed by atoms with Crippen LogP contribution in [0.25, 0.3) is 5.69 Å². The standard InChI is InChI=1S/C25H25N5O2/c1-19-16-23(31)24(27-30(19)22-6-3-2-4-7-22)25(32)29-13-5-12-28(14-15-29)18-21-10-8-20(17-26)9-11-21/h2-4,6-11,16H,5,12-15,18H2,1H3. The molecule has 0 unspecified atom stereocenters. The number of aryl methyl sites for hydroxylation is 1. The van der Waals surface area contributed by atoms with Gasteiger partial charge in [-0.3, -0.25) is 14.5 Å². The average Bonchev–Trinajstić information content (AvgIpc) is 3.05. The number of rotatable bonds is 4. The molecule has 1 amide bonds.